The minimum absolute atomic E-state index is 0.0905. The van der Waals surface area contributed by atoms with E-state index >= 15 is 0 Å². The van der Waals surface area contributed by atoms with Gasteiger partial charge in [0, 0.05) is 18.7 Å². The molecule has 0 aromatic carbocycles. The van der Waals surface area contributed by atoms with Gasteiger partial charge in [0.2, 0.25) is 5.76 Å². The molecule has 1 aromatic heterocycles. The predicted octanol–water partition coefficient (Wildman–Crippen LogP) is 2.91. The molecule has 0 aliphatic heterocycles. The van der Waals surface area contributed by atoms with E-state index in [-0.39, 0.29) is 5.76 Å². The maximum atomic E-state index is 11.0. The van der Waals surface area contributed by atoms with Crippen molar-refractivity contribution in [3.8, 4) is 0 Å². The van der Waals surface area contributed by atoms with E-state index in [1.54, 1.807) is 6.92 Å². The van der Waals surface area contributed by atoms with Gasteiger partial charge in [0.1, 0.15) is 5.76 Å². The second-order valence-corrected chi connectivity index (χ2v) is 6.11. The van der Waals surface area contributed by atoms with Gasteiger partial charge in [0.15, 0.2) is 0 Å². The van der Waals surface area contributed by atoms with Crippen LogP contribution >= 0.6 is 0 Å². The van der Waals surface area contributed by atoms with Crippen molar-refractivity contribution in [1.82, 2.24) is 4.90 Å². The molecule has 2 saturated carbocycles. The average molecular weight is 263 g/mol. The van der Waals surface area contributed by atoms with Crippen molar-refractivity contribution in [2.75, 3.05) is 13.1 Å². The first-order valence-electron chi connectivity index (χ1n) is 7.17. The van der Waals surface area contributed by atoms with Gasteiger partial charge in [-0.3, -0.25) is 4.90 Å². The highest BCUT2D eigenvalue weighted by atomic mass is 16.4. The maximum absolute atomic E-state index is 11.0. The van der Waals surface area contributed by atoms with Crippen molar-refractivity contribution in [2.45, 2.75) is 39.2 Å². The fourth-order valence-electron chi connectivity index (χ4n) is 2.59. The Morgan fingerprint density at radius 3 is 2.32 bits per heavy atom. The van der Waals surface area contributed by atoms with Gasteiger partial charge in [-0.25, -0.2) is 4.79 Å². The number of rotatable bonds is 7. The van der Waals surface area contributed by atoms with Crippen LogP contribution in [0.25, 0.3) is 0 Å². The van der Waals surface area contributed by atoms with E-state index in [9.17, 15) is 4.79 Å². The van der Waals surface area contributed by atoms with E-state index in [4.69, 9.17) is 9.52 Å². The highest BCUT2D eigenvalue weighted by Crippen LogP contribution is 2.34. The minimum atomic E-state index is -0.973. The number of hydrogen-bond acceptors (Lipinski definition) is 3. The Kier molecular flexibility index (Phi) is 3.35. The summed E-state index contributed by atoms with van der Waals surface area (Å²) in [6, 6.07) is 1.87. The summed E-state index contributed by atoms with van der Waals surface area (Å²) in [7, 11) is 0. The third kappa shape index (κ3) is 3.38. The Balaban J connectivity index is 1.65. The van der Waals surface area contributed by atoms with Crippen molar-refractivity contribution in [2.24, 2.45) is 11.8 Å². The Labute approximate surface area is 113 Å². The molecule has 4 nitrogen and oxygen atoms in total. The quantitative estimate of drug-likeness (QED) is 0.821. The number of carboxylic acids is 1. The summed E-state index contributed by atoms with van der Waals surface area (Å²) in [5.41, 5.74) is 0.722. The number of furan rings is 1. The Morgan fingerprint density at radius 2 is 1.89 bits per heavy atom. The van der Waals surface area contributed by atoms with Crippen LogP contribution in [-0.4, -0.2) is 29.1 Å². The van der Waals surface area contributed by atoms with Crippen LogP contribution in [0.5, 0.6) is 0 Å². The van der Waals surface area contributed by atoms with E-state index < -0.39 is 5.97 Å². The van der Waals surface area contributed by atoms with Crippen molar-refractivity contribution >= 4 is 5.97 Å². The largest absolute Gasteiger partial charge is 0.475 e. The van der Waals surface area contributed by atoms with E-state index in [0.29, 0.717) is 0 Å². The van der Waals surface area contributed by atoms with Gasteiger partial charge in [0.25, 0.3) is 0 Å². The highest BCUT2D eigenvalue weighted by molar-refractivity contribution is 5.86. The summed E-state index contributed by atoms with van der Waals surface area (Å²) in [4.78, 5) is 13.4. The number of hydrogen-bond donors (Lipinski definition) is 1. The lowest BCUT2D eigenvalue weighted by atomic mass is 10.2. The zero-order valence-corrected chi connectivity index (χ0v) is 11.4. The fourth-order valence-corrected chi connectivity index (χ4v) is 2.59. The van der Waals surface area contributed by atoms with Crippen LogP contribution in [0.15, 0.2) is 10.5 Å². The molecule has 0 atom stereocenters. The highest BCUT2D eigenvalue weighted by Gasteiger charge is 2.29. The number of aromatic carboxylic acids is 1. The molecule has 2 fully saturated rings. The summed E-state index contributed by atoms with van der Waals surface area (Å²) in [6.07, 6.45) is 5.38. The zero-order chi connectivity index (χ0) is 13.4. The first-order valence-corrected chi connectivity index (χ1v) is 7.17. The number of carbonyl (C=O) groups is 1. The molecular formula is C15H21NO3. The standard InChI is InChI=1S/C15H21NO3/c1-10-6-13(19-14(10)15(17)18)9-16(7-11-2-3-11)8-12-4-5-12/h6,11-12H,2-5,7-9H2,1H3,(H,17,18). The van der Waals surface area contributed by atoms with E-state index in [2.05, 4.69) is 4.90 Å². The molecule has 4 heteroatoms. The first kappa shape index (κ1) is 12.7. The molecular weight excluding hydrogens is 242 g/mol. The topological polar surface area (TPSA) is 53.7 Å². The van der Waals surface area contributed by atoms with Crippen LogP contribution in [0.3, 0.4) is 0 Å². The van der Waals surface area contributed by atoms with Gasteiger partial charge in [-0.1, -0.05) is 0 Å². The lowest BCUT2D eigenvalue weighted by Crippen LogP contribution is -2.27. The van der Waals surface area contributed by atoms with Gasteiger partial charge in [0.05, 0.1) is 6.54 Å². The number of carboxylic acid groups (broad SMARTS) is 1. The first-order chi connectivity index (χ1) is 9.11. The summed E-state index contributed by atoms with van der Waals surface area (Å²) < 4.78 is 5.47. The van der Waals surface area contributed by atoms with Gasteiger partial charge < -0.3 is 9.52 Å². The van der Waals surface area contributed by atoms with Crippen LogP contribution in [0.4, 0.5) is 0 Å². The smallest absolute Gasteiger partial charge is 0.372 e. The minimum Gasteiger partial charge on any atom is -0.475 e. The molecule has 1 heterocycles. The molecule has 19 heavy (non-hydrogen) atoms. The summed E-state index contributed by atoms with van der Waals surface area (Å²) in [5, 5.41) is 9.02. The van der Waals surface area contributed by atoms with Crippen molar-refractivity contribution in [3.63, 3.8) is 0 Å². The van der Waals surface area contributed by atoms with Crippen LogP contribution < -0.4 is 0 Å². The van der Waals surface area contributed by atoms with Crippen LogP contribution in [0, 0.1) is 18.8 Å². The Morgan fingerprint density at radius 1 is 1.32 bits per heavy atom. The summed E-state index contributed by atoms with van der Waals surface area (Å²) >= 11 is 0. The lowest BCUT2D eigenvalue weighted by Gasteiger charge is -2.20. The zero-order valence-electron chi connectivity index (χ0n) is 11.4. The monoisotopic (exact) mass is 263 g/mol. The van der Waals surface area contributed by atoms with Crippen LogP contribution in [0.2, 0.25) is 0 Å². The lowest BCUT2D eigenvalue weighted by molar-refractivity contribution is 0.0657. The van der Waals surface area contributed by atoms with Gasteiger partial charge in [-0.15, -0.1) is 0 Å². The Bertz CT molecular complexity index is 458. The maximum Gasteiger partial charge on any atom is 0.372 e. The SMILES string of the molecule is Cc1cc(CN(CC2CC2)CC2CC2)oc1C(=O)O. The van der Waals surface area contributed by atoms with Gasteiger partial charge >= 0.3 is 5.97 Å². The number of aryl methyl sites for hydroxylation is 1. The molecule has 1 N–H and O–H groups in total. The summed E-state index contributed by atoms with van der Waals surface area (Å²) in [6.45, 7) is 4.82. The molecule has 0 spiro atoms. The second kappa shape index (κ2) is 5.00. The predicted molar refractivity (Wildman–Crippen MR) is 71.1 cm³/mol. The van der Waals surface area contributed by atoms with Crippen LogP contribution in [0.1, 0.15) is 47.6 Å². The molecule has 0 amide bonds. The molecule has 3 rings (SSSR count). The van der Waals surface area contributed by atoms with Crippen molar-refractivity contribution < 1.29 is 14.3 Å². The van der Waals surface area contributed by atoms with E-state index in [1.165, 1.54) is 25.7 Å². The molecule has 1 aromatic rings. The Hall–Kier alpha value is -1.29. The molecule has 104 valence electrons. The summed E-state index contributed by atoms with van der Waals surface area (Å²) in [5.74, 6) is 1.62. The molecule has 0 bridgehead atoms. The third-order valence-corrected chi connectivity index (χ3v) is 3.97. The molecule has 2 aliphatic rings. The van der Waals surface area contributed by atoms with E-state index in [0.717, 1.165) is 42.8 Å². The van der Waals surface area contributed by atoms with Gasteiger partial charge in [-0.05, 0) is 50.5 Å². The van der Waals surface area contributed by atoms with Crippen molar-refractivity contribution in [1.29, 1.82) is 0 Å². The normalized spacial score (nSPS) is 19.1. The molecule has 0 unspecified atom stereocenters. The van der Waals surface area contributed by atoms with E-state index in [1.807, 2.05) is 6.07 Å². The average Bonchev–Trinajstić information content (AvgIpc) is 3.22. The molecule has 0 saturated heterocycles. The van der Waals surface area contributed by atoms with Gasteiger partial charge in [-0.2, -0.15) is 0 Å². The second-order valence-electron chi connectivity index (χ2n) is 6.11. The fraction of sp³-hybridized carbons (Fsp3) is 0.667. The number of nitrogens with zero attached hydrogens (tertiary/aromatic N) is 1. The van der Waals surface area contributed by atoms with Crippen molar-refractivity contribution in [3.05, 3.63) is 23.2 Å². The molecule has 0 radical (unpaired) electrons. The molecule has 2 aliphatic carbocycles. The van der Waals surface area contributed by atoms with Crippen LogP contribution in [-0.2, 0) is 6.54 Å². The third-order valence-electron chi connectivity index (χ3n) is 3.97.